The Morgan fingerprint density at radius 2 is 1.62 bits per heavy atom. The summed E-state index contributed by atoms with van der Waals surface area (Å²) in [4.78, 5) is 0. The molecule has 2 aliphatic rings. The zero-order valence-electron chi connectivity index (χ0n) is 10.4. The second kappa shape index (κ2) is 4.29. The van der Waals surface area contributed by atoms with Gasteiger partial charge < -0.3 is 0 Å². The fraction of sp³-hybridized carbons (Fsp3) is 0.375. The van der Waals surface area contributed by atoms with E-state index in [4.69, 9.17) is 0 Å². The van der Waals surface area contributed by atoms with E-state index in [9.17, 15) is 0 Å². The molecule has 0 nitrogen and oxygen atoms in total. The van der Waals surface area contributed by atoms with Crippen molar-refractivity contribution in [2.24, 2.45) is 11.3 Å². The fourth-order valence-electron chi connectivity index (χ4n) is 2.08. The van der Waals surface area contributed by atoms with Gasteiger partial charge >= 0.3 is 0 Å². The van der Waals surface area contributed by atoms with Crippen molar-refractivity contribution in [3.05, 3.63) is 59.8 Å². The van der Waals surface area contributed by atoms with Crippen molar-refractivity contribution in [3.63, 3.8) is 0 Å². The molecule has 2 aliphatic carbocycles. The minimum Gasteiger partial charge on any atom is -0.0763 e. The van der Waals surface area contributed by atoms with Crippen molar-refractivity contribution in [3.8, 4) is 0 Å². The van der Waals surface area contributed by atoms with Gasteiger partial charge in [0, 0.05) is 5.92 Å². The Morgan fingerprint density at radius 3 is 2.12 bits per heavy atom. The van der Waals surface area contributed by atoms with Gasteiger partial charge in [-0.1, -0.05) is 75.0 Å². The summed E-state index contributed by atoms with van der Waals surface area (Å²) in [5.74, 6) is 0.454. The number of rotatable bonds is 1. The molecule has 0 aromatic rings. The van der Waals surface area contributed by atoms with Crippen molar-refractivity contribution in [1.29, 1.82) is 0 Å². The van der Waals surface area contributed by atoms with Crippen LogP contribution in [0.15, 0.2) is 59.8 Å². The van der Waals surface area contributed by atoms with Crippen LogP contribution >= 0.6 is 0 Å². The van der Waals surface area contributed by atoms with Gasteiger partial charge in [-0.3, -0.25) is 0 Å². The topological polar surface area (TPSA) is 0 Å². The predicted molar refractivity (Wildman–Crippen MR) is 71.1 cm³/mol. The summed E-state index contributed by atoms with van der Waals surface area (Å²) in [6.07, 6.45) is 18.8. The first-order valence-electron chi connectivity index (χ1n) is 6.00. The van der Waals surface area contributed by atoms with Gasteiger partial charge in [-0.15, -0.1) is 0 Å². The Balaban J connectivity index is 2.16. The molecule has 0 saturated carbocycles. The van der Waals surface area contributed by atoms with E-state index in [0.29, 0.717) is 11.3 Å². The molecule has 0 atom stereocenters. The largest absolute Gasteiger partial charge is 0.0763 e. The highest BCUT2D eigenvalue weighted by atomic mass is 14.3. The quantitative estimate of drug-likeness (QED) is 0.596. The lowest BCUT2D eigenvalue weighted by atomic mass is 9.85. The van der Waals surface area contributed by atoms with Gasteiger partial charge in [-0.05, 0) is 17.4 Å². The molecule has 84 valence electrons. The third kappa shape index (κ3) is 2.44. The van der Waals surface area contributed by atoms with Gasteiger partial charge in [0.1, 0.15) is 0 Å². The highest BCUT2D eigenvalue weighted by Crippen LogP contribution is 2.36. The molecule has 0 heterocycles. The minimum atomic E-state index is 0.300. The van der Waals surface area contributed by atoms with E-state index in [2.05, 4.69) is 69.4 Å². The first-order chi connectivity index (χ1) is 7.57. The van der Waals surface area contributed by atoms with Gasteiger partial charge in [0.15, 0.2) is 0 Å². The van der Waals surface area contributed by atoms with Crippen LogP contribution in [0, 0.1) is 11.3 Å². The maximum atomic E-state index is 2.38. The van der Waals surface area contributed by atoms with Gasteiger partial charge in [0.05, 0.1) is 0 Å². The molecular weight excluding hydrogens is 192 g/mol. The molecule has 0 radical (unpaired) electrons. The molecule has 0 unspecified atom stereocenters. The first-order valence-corrected chi connectivity index (χ1v) is 6.00. The summed E-state index contributed by atoms with van der Waals surface area (Å²) >= 11 is 0. The van der Waals surface area contributed by atoms with Crippen molar-refractivity contribution >= 4 is 0 Å². The van der Waals surface area contributed by atoms with Crippen molar-refractivity contribution in [2.75, 3.05) is 0 Å². The van der Waals surface area contributed by atoms with Crippen molar-refractivity contribution < 1.29 is 0 Å². The summed E-state index contributed by atoms with van der Waals surface area (Å²) in [7, 11) is 0. The van der Waals surface area contributed by atoms with Crippen LogP contribution in [0.5, 0.6) is 0 Å². The van der Waals surface area contributed by atoms with E-state index in [1.807, 2.05) is 0 Å². The van der Waals surface area contributed by atoms with E-state index in [0.717, 1.165) is 6.42 Å². The second-order valence-electron chi connectivity index (χ2n) is 5.51. The second-order valence-corrected chi connectivity index (χ2v) is 5.51. The van der Waals surface area contributed by atoms with E-state index in [1.165, 1.54) is 5.57 Å². The molecule has 0 aromatic carbocycles. The van der Waals surface area contributed by atoms with Gasteiger partial charge in [-0.2, -0.15) is 0 Å². The maximum Gasteiger partial charge on any atom is 0.0201 e. The third-order valence-corrected chi connectivity index (χ3v) is 3.22. The van der Waals surface area contributed by atoms with E-state index < -0.39 is 0 Å². The Kier molecular flexibility index (Phi) is 3.00. The van der Waals surface area contributed by atoms with E-state index >= 15 is 0 Å². The minimum absolute atomic E-state index is 0.300. The molecule has 0 spiro atoms. The predicted octanol–water partition coefficient (Wildman–Crippen LogP) is 4.59. The highest BCUT2D eigenvalue weighted by Gasteiger charge is 2.21. The van der Waals surface area contributed by atoms with Crippen LogP contribution in [-0.4, -0.2) is 0 Å². The third-order valence-electron chi connectivity index (χ3n) is 3.22. The van der Waals surface area contributed by atoms with E-state index in [1.54, 1.807) is 5.57 Å². The molecule has 16 heavy (non-hydrogen) atoms. The maximum absolute atomic E-state index is 2.38. The molecule has 2 rings (SSSR count). The standard InChI is InChI=1S/C16H20/c1-16(2,3)15-11-10-14(12-15)13-8-6-4-5-7-9-13/h4-10,12-13H,11H2,1-3H3. The molecule has 0 aromatic heterocycles. The highest BCUT2D eigenvalue weighted by molar-refractivity contribution is 5.42. The normalized spacial score (nSPS) is 20.9. The zero-order chi connectivity index (χ0) is 11.6. The van der Waals surface area contributed by atoms with Gasteiger partial charge in [0.25, 0.3) is 0 Å². The van der Waals surface area contributed by atoms with Gasteiger partial charge in [-0.25, -0.2) is 0 Å². The fourth-order valence-corrected chi connectivity index (χ4v) is 2.08. The van der Waals surface area contributed by atoms with Crippen LogP contribution < -0.4 is 0 Å². The number of hydrogen-bond acceptors (Lipinski definition) is 0. The molecule has 0 fully saturated rings. The van der Waals surface area contributed by atoms with Gasteiger partial charge in [0.2, 0.25) is 0 Å². The van der Waals surface area contributed by atoms with Crippen molar-refractivity contribution in [2.45, 2.75) is 27.2 Å². The first kappa shape index (κ1) is 11.2. The summed E-state index contributed by atoms with van der Waals surface area (Å²) in [5.41, 5.74) is 3.29. The summed E-state index contributed by atoms with van der Waals surface area (Å²) in [6.45, 7) is 6.86. The molecule has 0 bridgehead atoms. The van der Waals surface area contributed by atoms with Crippen LogP contribution in [0.2, 0.25) is 0 Å². The Bertz CT molecular complexity index is 390. The van der Waals surface area contributed by atoms with Crippen LogP contribution in [0.25, 0.3) is 0 Å². The van der Waals surface area contributed by atoms with Crippen molar-refractivity contribution in [1.82, 2.24) is 0 Å². The summed E-state index contributed by atoms with van der Waals surface area (Å²) < 4.78 is 0. The molecular formula is C16H20. The Labute approximate surface area is 98.8 Å². The summed E-state index contributed by atoms with van der Waals surface area (Å²) in [6, 6.07) is 0. The molecule has 0 N–H and O–H groups in total. The zero-order valence-corrected chi connectivity index (χ0v) is 10.4. The number of allylic oxidation sites excluding steroid dienone is 10. The molecule has 0 amide bonds. The SMILES string of the molecule is CC(C)(C)C1=CC(C2C=CC=CC=C2)=CC1. The van der Waals surface area contributed by atoms with Crippen LogP contribution in [-0.2, 0) is 0 Å². The smallest absolute Gasteiger partial charge is 0.0201 e. The lowest BCUT2D eigenvalue weighted by molar-refractivity contribution is 0.496. The average Bonchev–Trinajstić information content (AvgIpc) is 2.55. The lowest BCUT2D eigenvalue weighted by Gasteiger charge is -2.20. The molecule has 0 heteroatoms. The number of hydrogen-bond donors (Lipinski definition) is 0. The monoisotopic (exact) mass is 212 g/mol. The van der Waals surface area contributed by atoms with Crippen LogP contribution in [0.4, 0.5) is 0 Å². The van der Waals surface area contributed by atoms with Crippen LogP contribution in [0.3, 0.4) is 0 Å². The van der Waals surface area contributed by atoms with Crippen LogP contribution in [0.1, 0.15) is 27.2 Å². The molecule has 0 saturated heterocycles. The molecule has 0 aliphatic heterocycles. The van der Waals surface area contributed by atoms with E-state index in [-0.39, 0.29) is 0 Å². The Hall–Kier alpha value is -1.30. The average molecular weight is 212 g/mol. The summed E-state index contributed by atoms with van der Waals surface area (Å²) in [5, 5.41) is 0. The Morgan fingerprint density at radius 1 is 1.00 bits per heavy atom. The lowest BCUT2D eigenvalue weighted by Crippen LogP contribution is -2.07.